The van der Waals surface area contributed by atoms with Crippen LogP contribution in [0, 0.1) is 21.4 Å². The van der Waals surface area contributed by atoms with Crippen LogP contribution in [-0.2, 0) is 23.9 Å². The van der Waals surface area contributed by atoms with Gasteiger partial charge in [-0.05, 0) is 25.0 Å². The predicted octanol–water partition coefficient (Wildman–Crippen LogP) is 3.53. The van der Waals surface area contributed by atoms with Crippen molar-refractivity contribution in [2.24, 2.45) is 11.3 Å². The Labute approximate surface area is 192 Å². The van der Waals surface area contributed by atoms with E-state index in [0.717, 1.165) is 0 Å². The maximum atomic E-state index is 13.6. The first-order chi connectivity index (χ1) is 15.9. The fourth-order valence-corrected chi connectivity index (χ4v) is 5.23. The van der Waals surface area contributed by atoms with Crippen LogP contribution in [-0.4, -0.2) is 42.4 Å². The van der Waals surface area contributed by atoms with Crippen molar-refractivity contribution < 1.29 is 28.8 Å². The first kappa shape index (κ1) is 24.1. The molecule has 1 aliphatic rings. The summed E-state index contributed by atoms with van der Waals surface area (Å²) >= 11 is 0. The van der Waals surface area contributed by atoms with E-state index >= 15 is 0 Å². The zero-order valence-electron chi connectivity index (χ0n) is 18.6. The fourth-order valence-electron chi connectivity index (χ4n) is 5.23. The van der Waals surface area contributed by atoms with Crippen molar-refractivity contribution in [2.45, 2.75) is 38.1 Å². The summed E-state index contributed by atoms with van der Waals surface area (Å²) in [4.78, 5) is 51.1. The van der Waals surface area contributed by atoms with E-state index in [9.17, 15) is 24.5 Å². The van der Waals surface area contributed by atoms with Crippen molar-refractivity contribution in [3.05, 3.63) is 81.9 Å². The minimum atomic E-state index is -1.80. The van der Waals surface area contributed by atoms with Crippen molar-refractivity contribution in [1.82, 2.24) is 0 Å². The molecule has 174 valence electrons. The van der Waals surface area contributed by atoms with Gasteiger partial charge in [-0.25, -0.2) is 0 Å². The molecule has 1 saturated carbocycles. The second-order valence-corrected chi connectivity index (χ2v) is 8.01. The molecular weight excluding hydrogens is 426 g/mol. The number of carbonyl (C=O) groups excluding carboxylic acids is 3. The number of hydrogen-bond donors (Lipinski definition) is 0. The standard InChI is InChI=1S/C25H27NO7/c1-3-32-20(28)15-25(24(29)33-4-2)19(16-27)21(17-11-7-5-8-12-17)23(26(30)31)22(25)18-13-9-6-10-14-18/h5-14,16,19,21-23H,3-4,15H2,1-2H3/t19-,21-,22-,23+,25+/m1/s1. The van der Waals surface area contributed by atoms with Crippen LogP contribution in [0.5, 0.6) is 0 Å². The number of hydrogen-bond acceptors (Lipinski definition) is 7. The number of nitrogens with zero attached hydrogens (tertiary/aromatic N) is 1. The highest BCUT2D eigenvalue weighted by Crippen LogP contribution is 2.61. The van der Waals surface area contributed by atoms with Crippen molar-refractivity contribution in [1.29, 1.82) is 0 Å². The van der Waals surface area contributed by atoms with Gasteiger partial charge < -0.3 is 14.3 Å². The molecule has 8 heteroatoms. The lowest BCUT2D eigenvalue weighted by Gasteiger charge is -2.35. The van der Waals surface area contributed by atoms with Crippen molar-refractivity contribution in [2.75, 3.05) is 13.2 Å². The van der Waals surface area contributed by atoms with Crippen LogP contribution in [0.3, 0.4) is 0 Å². The predicted molar refractivity (Wildman–Crippen MR) is 119 cm³/mol. The van der Waals surface area contributed by atoms with Gasteiger partial charge in [-0.2, -0.15) is 0 Å². The lowest BCUT2D eigenvalue weighted by molar-refractivity contribution is -0.528. The maximum Gasteiger partial charge on any atom is 0.314 e. The summed E-state index contributed by atoms with van der Waals surface area (Å²) in [6.45, 7) is 3.30. The number of rotatable bonds is 9. The van der Waals surface area contributed by atoms with Gasteiger partial charge in [0.1, 0.15) is 11.7 Å². The smallest absolute Gasteiger partial charge is 0.314 e. The Morgan fingerprint density at radius 2 is 1.52 bits per heavy atom. The van der Waals surface area contributed by atoms with Gasteiger partial charge in [0, 0.05) is 10.8 Å². The topological polar surface area (TPSA) is 113 Å². The molecule has 3 rings (SSSR count). The second kappa shape index (κ2) is 10.4. The van der Waals surface area contributed by atoms with E-state index in [1.807, 2.05) is 0 Å². The molecule has 0 N–H and O–H groups in total. The van der Waals surface area contributed by atoms with Crippen LogP contribution in [0.25, 0.3) is 0 Å². The Kier molecular flexibility index (Phi) is 7.58. The quantitative estimate of drug-likeness (QED) is 0.247. The van der Waals surface area contributed by atoms with Gasteiger partial charge in [-0.15, -0.1) is 0 Å². The summed E-state index contributed by atoms with van der Waals surface area (Å²) in [5.74, 6) is -4.73. The van der Waals surface area contributed by atoms with Crippen LogP contribution in [0.1, 0.15) is 43.2 Å². The summed E-state index contributed by atoms with van der Waals surface area (Å²) in [5, 5.41) is 12.5. The number of carbonyl (C=O) groups is 3. The number of aldehydes is 1. The SMILES string of the molecule is CCOC(=O)C[C@]1(C(=O)OCC)[C@H](C=O)[C@@H](c2ccccc2)[C@H]([N+](=O)[O-])[C@H]1c1ccccc1. The third kappa shape index (κ3) is 4.37. The van der Waals surface area contributed by atoms with E-state index in [-0.39, 0.29) is 13.2 Å². The van der Waals surface area contributed by atoms with E-state index < -0.39 is 52.5 Å². The Morgan fingerprint density at radius 3 is 2.00 bits per heavy atom. The van der Waals surface area contributed by atoms with Crippen LogP contribution in [0.2, 0.25) is 0 Å². The molecule has 0 spiro atoms. The van der Waals surface area contributed by atoms with E-state index in [0.29, 0.717) is 17.4 Å². The number of ether oxygens (including phenoxy) is 2. The lowest BCUT2D eigenvalue weighted by atomic mass is 9.66. The summed E-state index contributed by atoms with van der Waals surface area (Å²) in [7, 11) is 0. The largest absolute Gasteiger partial charge is 0.466 e. The monoisotopic (exact) mass is 453 g/mol. The first-order valence-electron chi connectivity index (χ1n) is 10.9. The molecule has 5 atom stereocenters. The van der Waals surface area contributed by atoms with Gasteiger partial charge in [0.05, 0.1) is 31.5 Å². The number of nitro groups is 1. The number of esters is 2. The molecule has 0 aromatic heterocycles. The molecule has 0 heterocycles. The Morgan fingerprint density at radius 1 is 0.970 bits per heavy atom. The molecule has 2 aromatic carbocycles. The molecular formula is C25H27NO7. The summed E-state index contributed by atoms with van der Waals surface area (Å²) < 4.78 is 10.5. The molecule has 0 saturated heterocycles. The van der Waals surface area contributed by atoms with Gasteiger partial charge >= 0.3 is 11.9 Å². The van der Waals surface area contributed by atoms with Crippen molar-refractivity contribution >= 4 is 18.2 Å². The maximum absolute atomic E-state index is 13.6. The van der Waals surface area contributed by atoms with Crippen molar-refractivity contribution in [3.8, 4) is 0 Å². The van der Waals surface area contributed by atoms with Gasteiger partial charge in [-0.1, -0.05) is 60.7 Å². The molecule has 0 unspecified atom stereocenters. The van der Waals surface area contributed by atoms with E-state index in [1.165, 1.54) is 0 Å². The second-order valence-electron chi connectivity index (χ2n) is 8.01. The van der Waals surface area contributed by atoms with Crippen LogP contribution < -0.4 is 0 Å². The highest BCUT2D eigenvalue weighted by Gasteiger charge is 2.70. The molecule has 0 radical (unpaired) electrons. The average Bonchev–Trinajstić information content (AvgIpc) is 3.11. The van der Waals surface area contributed by atoms with Gasteiger partial charge in [-0.3, -0.25) is 19.7 Å². The summed E-state index contributed by atoms with van der Waals surface area (Å²) in [5.41, 5.74) is -0.766. The third-order valence-corrected chi connectivity index (χ3v) is 6.38. The molecule has 1 fully saturated rings. The average molecular weight is 453 g/mol. The van der Waals surface area contributed by atoms with E-state index in [1.54, 1.807) is 74.5 Å². The normalized spacial score (nSPS) is 26.4. The minimum Gasteiger partial charge on any atom is -0.466 e. The lowest BCUT2D eigenvalue weighted by Crippen LogP contribution is -2.45. The van der Waals surface area contributed by atoms with E-state index in [4.69, 9.17) is 9.47 Å². The van der Waals surface area contributed by atoms with E-state index in [2.05, 4.69) is 0 Å². The Balaban J connectivity index is 2.35. The Hall–Kier alpha value is -3.55. The highest BCUT2D eigenvalue weighted by atomic mass is 16.6. The van der Waals surface area contributed by atoms with Gasteiger partial charge in [0.2, 0.25) is 6.04 Å². The molecule has 2 aromatic rings. The molecule has 0 bridgehead atoms. The first-order valence-corrected chi connectivity index (χ1v) is 10.9. The zero-order chi connectivity index (χ0) is 24.0. The van der Waals surface area contributed by atoms with Crippen LogP contribution in [0.15, 0.2) is 60.7 Å². The van der Waals surface area contributed by atoms with Crippen molar-refractivity contribution in [3.63, 3.8) is 0 Å². The number of benzene rings is 2. The van der Waals surface area contributed by atoms with Crippen LogP contribution in [0.4, 0.5) is 0 Å². The zero-order valence-corrected chi connectivity index (χ0v) is 18.6. The molecule has 0 amide bonds. The molecule has 33 heavy (non-hydrogen) atoms. The molecule has 1 aliphatic carbocycles. The highest BCUT2D eigenvalue weighted by molar-refractivity contribution is 5.89. The van der Waals surface area contributed by atoms with Gasteiger partial charge in [0.15, 0.2) is 0 Å². The fraction of sp³-hybridized carbons (Fsp3) is 0.400. The van der Waals surface area contributed by atoms with Crippen LogP contribution >= 0.6 is 0 Å². The molecule has 8 nitrogen and oxygen atoms in total. The molecule has 0 aliphatic heterocycles. The summed E-state index contributed by atoms with van der Waals surface area (Å²) in [6, 6.07) is 15.8. The summed E-state index contributed by atoms with van der Waals surface area (Å²) in [6.07, 6.45) is 0.0591. The minimum absolute atomic E-state index is 0.00434. The third-order valence-electron chi connectivity index (χ3n) is 6.38. The Bertz CT molecular complexity index is 994. The van der Waals surface area contributed by atoms with Gasteiger partial charge in [0.25, 0.3) is 0 Å².